The van der Waals surface area contributed by atoms with Gasteiger partial charge in [-0.15, -0.1) is 0 Å². The lowest BCUT2D eigenvalue weighted by Crippen LogP contribution is -2.43. The number of carbonyl (C=O) groups is 1. The lowest BCUT2D eigenvalue weighted by atomic mass is 9.81. The number of hydrogen-bond donors (Lipinski definition) is 0. The molecule has 0 aromatic rings. The van der Waals surface area contributed by atoms with E-state index in [4.69, 9.17) is 5.26 Å². The highest BCUT2D eigenvalue weighted by Crippen LogP contribution is 2.40. The molecule has 6 heteroatoms. The van der Waals surface area contributed by atoms with E-state index in [1.165, 1.54) is 4.90 Å². The van der Waals surface area contributed by atoms with E-state index in [0.29, 0.717) is 0 Å². The summed E-state index contributed by atoms with van der Waals surface area (Å²) in [5.74, 6) is -1.83. The maximum atomic E-state index is 12.5. The van der Waals surface area contributed by atoms with Crippen molar-refractivity contribution in [2.45, 2.75) is 51.7 Å². The van der Waals surface area contributed by atoms with Gasteiger partial charge in [-0.2, -0.15) is 18.4 Å². The Morgan fingerprint density at radius 3 is 2.21 bits per heavy atom. The number of alkyl halides is 3. The zero-order chi connectivity index (χ0) is 14.6. The molecule has 0 bridgehead atoms. The van der Waals surface area contributed by atoms with Crippen molar-refractivity contribution in [2.24, 2.45) is 11.8 Å². The summed E-state index contributed by atoms with van der Waals surface area (Å²) in [4.78, 5) is 13.6. The minimum Gasteiger partial charge on any atom is -0.327 e. The normalized spacial score (nSPS) is 24.1. The fourth-order valence-electron chi connectivity index (χ4n) is 2.49. The van der Waals surface area contributed by atoms with Gasteiger partial charge in [0.2, 0.25) is 5.91 Å². The highest BCUT2D eigenvalue weighted by Gasteiger charge is 2.43. The van der Waals surface area contributed by atoms with Crippen LogP contribution < -0.4 is 0 Å². The van der Waals surface area contributed by atoms with Crippen LogP contribution in [0.3, 0.4) is 0 Å². The number of nitrogens with zero attached hydrogens (tertiary/aromatic N) is 2. The summed E-state index contributed by atoms with van der Waals surface area (Å²) in [6.45, 7) is 3.60. The Morgan fingerprint density at radius 1 is 1.32 bits per heavy atom. The minimum atomic E-state index is -4.15. The summed E-state index contributed by atoms with van der Waals surface area (Å²) < 4.78 is 37.6. The van der Waals surface area contributed by atoms with Crippen molar-refractivity contribution < 1.29 is 18.0 Å². The molecule has 1 aliphatic carbocycles. The highest BCUT2D eigenvalue weighted by atomic mass is 19.4. The lowest BCUT2D eigenvalue weighted by molar-refractivity contribution is -0.185. The van der Waals surface area contributed by atoms with E-state index in [1.54, 1.807) is 13.8 Å². The Labute approximate surface area is 111 Å². The third-order valence-electron chi connectivity index (χ3n) is 3.69. The summed E-state index contributed by atoms with van der Waals surface area (Å²) in [6.07, 6.45) is -3.61. The average Bonchev–Trinajstić information content (AvgIpc) is 2.34. The molecule has 0 radical (unpaired) electrons. The molecule has 1 fully saturated rings. The van der Waals surface area contributed by atoms with Crippen LogP contribution in [-0.4, -0.2) is 29.6 Å². The molecule has 1 aliphatic rings. The fraction of sp³-hybridized carbons (Fsp3) is 0.846. The van der Waals surface area contributed by atoms with Crippen molar-refractivity contribution in [3.63, 3.8) is 0 Å². The second-order valence-corrected chi connectivity index (χ2v) is 5.31. The molecule has 0 heterocycles. The summed E-state index contributed by atoms with van der Waals surface area (Å²) in [7, 11) is 0. The van der Waals surface area contributed by atoms with Gasteiger partial charge in [-0.1, -0.05) is 0 Å². The molecule has 0 N–H and O–H groups in total. The van der Waals surface area contributed by atoms with E-state index in [2.05, 4.69) is 0 Å². The van der Waals surface area contributed by atoms with E-state index in [9.17, 15) is 18.0 Å². The maximum absolute atomic E-state index is 12.5. The molecule has 0 spiro atoms. The van der Waals surface area contributed by atoms with E-state index >= 15 is 0 Å². The van der Waals surface area contributed by atoms with Crippen LogP contribution in [0.1, 0.15) is 39.5 Å². The Hall–Kier alpha value is -1.25. The van der Waals surface area contributed by atoms with Crippen LogP contribution in [0.4, 0.5) is 13.2 Å². The maximum Gasteiger partial charge on any atom is 0.391 e. The standard InChI is InChI=1S/C13H19F3N2O/c1-9(2)18(8-7-17)12(19)10-3-5-11(6-4-10)13(14,15)16/h9-11H,3-6,8H2,1-2H3. The average molecular weight is 276 g/mol. The van der Waals surface area contributed by atoms with Gasteiger partial charge in [0, 0.05) is 12.0 Å². The molecule has 3 nitrogen and oxygen atoms in total. The zero-order valence-electron chi connectivity index (χ0n) is 11.2. The predicted molar refractivity (Wildman–Crippen MR) is 64.0 cm³/mol. The van der Waals surface area contributed by atoms with E-state index in [0.717, 1.165) is 0 Å². The van der Waals surface area contributed by atoms with E-state index in [1.807, 2.05) is 6.07 Å². The second-order valence-electron chi connectivity index (χ2n) is 5.31. The third kappa shape index (κ3) is 4.12. The van der Waals surface area contributed by atoms with Gasteiger partial charge in [0.25, 0.3) is 0 Å². The molecule has 19 heavy (non-hydrogen) atoms. The van der Waals surface area contributed by atoms with Gasteiger partial charge in [0.1, 0.15) is 6.54 Å². The third-order valence-corrected chi connectivity index (χ3v) is 3.69. The Kier molecular flexibility index (Phi) is 5.21. The van der Waals surface area contributed by atoms with Crippen LogP contribution in [-0.2, 0) is 4.79 Å². The first-order chi connectivity index (χ1) is 8.77. The Morgan fingerprint density at radius 2 is 1.84 bits per heavy atom. The molecule has 0 aromatic carbocycles. The highest BCUT2D eigenvalue weighted by molar-refractivity contribution is 5.79. The molecule has 0 saturated heterocycles. The van der Waals surface area contributed by atoms with Gasteiger partial charge in [-0.05, 0) is 39.5 Å². The van der Waals surface area contributed by atoms with Gasteiger partial charge >= 0.3 is 6.18 Å². The Balaban J connectivity index is 2.60. The molecule has 1 saturated carbocycles. The number of hydrogen-bond acceptors (Lipinski definition) is 2. The van der Waals surface area contributed by atoms with Crippen LogP contribution in [0.15, 0.2) is 0 Å². The Bertz CT molecular complexity index is 352. The molecule has 1 rings (SSSR count). The fourth-order valence-corrected chi connectivity index (χ4v) is 2.49. The van der Waals surface area contributed by atoms with Crippen LogP contribution >= 0.6 is 0 Å². The molecule has 1 amide bonds. The van der Waals surface area contributed by atoms with Crippen LogP contribution in [0, 0.1) is 23.2 Å². The van der Waals surface area contributed by atoms with Crippen LogP contribution in [0.5, 0.6) is 0 Å². The van der Waals surface area contributed by atoms with Crippen molar-refractivity contribution in [1.82, 2.24) is 4.90 Å². The van der Waals surface area contributed by atoms with Crippen molar-refractivity contribution in [3.05, 3.63) is 0 Å². The topological polar surface area (TPSA) is 44.1 Å². The first-order valence-electron chi connectivity index (χ1n) is 6.51. The van der Waals surface area contributed by atoms with Gasteiger partial charge in [0.05, 0.1) is 12.0 Å². The predicted octanol–water partition coefficient (Wildman–Crippen LogP) is 3.12. The van der Waals surface area contributed by atoms with Crippen molar-refractivity contribution in [1.29, 1.82) is 5.26 Å². The van der Waals surface area contributed by atoms with Crippen LogP contribution in [0.2, 0.25) is 0 Å². The van der Waals surface area contributed by atoms with Gasteiger partial charge in [0.15, 0.2) is 0 Å². The molecular weight excluding hydrogens is 257 g/mol. The smallest absolute Gasteiger partial charge is 0.327 e. The van der Waals surface area contributed by atoms with Crippen molar-refractivity contribution >= 4 is 5.91 Å². The first-order valence-corrected chi connectivity index (χ1v) is 6.51. The number of amides is 1. The molecule has 0 unspecified atom stereocenters. The van der Waals surface area contributed by atoms with Crippen LogP contribution in [0.25, 0.3) is 0 Å². The first kappa shape index (κ1) is 15.8. The van der Waals surface area contributed by atoms with E-state index in [-0.39, 0.29) is 50.1 Å². The van der Waals surface area contributed by atoms with Gasteiger partial charge in [-0.3, -0.25) is 4.79 Å². The summed E-state index contributed by atoms with van der Waals surface area (Å²) >= 11 is 0. The number of halogens is 3. The quantitative estimate of drug-likeness (QED) is 0.743. The molecule has 0 aliphatic heterocycles. The number of nitriles is 1. The zero-order valence-corrected chi connectivity index (χ0v) is 11.2. The van der Waals surface area contributed by atoms with Gasteiger partial charge < -0.3 is 4.90 Å². The monoisotopic (exact) mass is 276 g/mol. The number of rotatable bonds is 3. The number of carbonyl (C=O) groups excluding carboxylic acids is 1. The largest absolute Gasteiger partial charge is 0.391 e. The van der Waals surface area contributed by atoms with Crippen molar-refractivity contribution in [3.8, 4) is 6.07 Å². The molecule has 0 atom stereocenters. The summed E-state index contributed by atoms with van der Waals surface area (Å²) in [5, 5.41) is 8.69. The van der Waals surface area contributed by atoms with E-state index < -0.39 is 12.1 Å². The molecular formula is C13H19F3N2O. The lowest BCUT2D eigenvalue weighted by Gasteiger charge is -2.33. The minimum absolute atomic E-state index is 0.00427. The second kappa shape index (κ2) is 6.27. The van der Waals surface area contributed by atoms with Crippen molar-refractivity contribution in [2.75, 3.05) is 6.54 Å². The van der Waals surface area contributed by atoms with Gasteiger partial charge in [-0.25, -0.2) is 0 Å². The summed E-state index contributed by atoms with van der Waals surface area (Å²) in [5.41, 5.74) is 0. The molecule has 108 valence electrons. The summed E-state index contributed by atoms with van der Waals surface area (Å²) in [6, 6.07) is 1.82. The SMILES string of the molecule is CC(C)N(CC#N)C(=O)C1CCC(C(F)(F)F)CC1. The molecule has 0 aromatic heterocycles.